The number of hydrogen-bond acceptors (Lipinski definition) is 8. The lowest BCUT2D eigenvalue weighted by Crippen LogP contribution is -2.58. The van der Waals surface area contributed by atoms with Crippen molar-refractivity contribution < 1.29 is 39.3 Å². The van der Waals surface area contributed by atoms with E-state index in [0.717, 1.165) is 0 Å². The predicted octanol–water partition coefficient (Wildman–Crippen LogP) is -1.51. The second-order valence-electron chi connectivity index (χ2n) is 9.30. The number of aliphatic hydroxyl groups is 1. The summed E-state index contributed by atoms with van der Waals surface area (Å²) in [6.07, 6.45) is -1.61. The van der Waals surface area contributed by atoms with Crippen molar-refractivity contribution in [2.45, 2.75) is 76.7 Å². The summed E-state index contributed by atoms with van der Waals surface area (Å²) in [5.41, 5.74) is 11.6. The predicted molar refractivity (Wildman–Crippen MR) is 133 cm³/mol. The average Bonchev–Trinajstić information content (AvgIpc) is 2.79. The van der Waals surface area contributed by atoms with Gasteiger partial charge < -0.3 is 42.7 Å². The third kappa shape index (κ3) is 11.3. The maximum absolute atomic E-state index is 13.1. The van der Waals surface area contributed by atoms with Crippen molar-refractivity contribution in [2.24, 2.45) is 17.4 Å². The molecule has 0 bridgehead atoms. The highest BCUT2D eigenvalue weighted by Crippen LogP contribution is 2.12. The minimum atomic E-state index is -1.65. The number of carbonyl (C=O) groups excluding carboxylic acids is 4. The molecule has 37 heavy (non-hydrogen) atoms. The number of phenolic OH excluding ortho intramolecular Hbond substituents is 1. The number of aliphatic hydroxyl groups excluding tert-OH is 1. The molecule has 13 heteroatoms. The largest absolute Gasteiger partial charge is 0.508 e. The Balaban J connectivity index is 3.18. The molecule has 0 aliphatic rings. The van der Waals surface area contributed by atoms with Crippen LogP contribution in [0, 0.1) is 5.92 Å². The maximum atomic E-state index is 13.1. The maximum Gasteiger partial charge on any atom is 0.328 e. The van der Waals surface area contributed by atoms with Gasteiger partial charge in [-0.1, -0.05) is 26.0 Å². The van der Waals surface area contributed by atoms with Crippen LogP contribution in [0.4, 0.5) is 0 Å². The highest BCUT2D eigenvalue weighted by Gasteiger charge is 2.32. The zero-order valence-corrected chi connectivity index (χ0v) is 21.1. The fraction of sp³-hybridized carbons (Fsp3) is 0.542. The molecule has 0 aliphatic carbocycles. The van der Waals surface area contributed by atoms with Gasteiger partial charge in [-0.3, -0.25) is 19.2 Å². The molecule has 0 aliphatic heterocycles. The summed E-state index contributed by atoms with van der Waals surface area (Å²) in [6.45, 7) is 4.92. The van der Waals surface area contributed by atoms with Gasteiger partial charge in [-0.15, -0.1) is 0 Å². The summed E-state index contributed by atoms with van der Waals surface area (Å²) in [4.78, 5) is 61.4. The number of carbonyl (C=O) groups is 5. The molecule has 1 aromatic carbocycles. The molecular weight excluding hydrogens is 486 g/mol. The average molecular weight is 524 g/mol. The molecule has 0 heterocycles. The number of nitrogens with two attached hydrogens (primary N) is 2. The Morgan fingerprint density at radius 2 is 1.43 bits per heavy atom. The van der Waals surface area contributed by atoms with Gasteiger partial charge >= 0.3 is 5.97 Å². The van der Waals surface area contributed by atoms with E-state index in [2.05, 4.69) is 16.0 Å². The second kappa shape index (κ2) is 14.8. The lowest BCUT2D eigenvalue weighted by atomic mass is 10.0. The van der Waals surface area contributed by atoms with Gasteiger partial charge in [-0.25, -0.2) is 4.79 Å². The number of primary amides is 1. The van der Waals surface area contributed by atoms with E-state index < -0.39 is 59.9 Å². The Bertz CT molecular complexity index is 951. The molecule has 206 valence electrons. The van der Waals surface area contributed by atoms with Gasteiger partial charge in [0.25, 0.3) is 0 Å². The summed E-state index contributed by atoms with van der Waals surface area (Å²) >= 11 is 0. The summed E-state index contributed by atoms with van der Waals surface area (Å²) in [5, 5.41) is 35.7. The first-order valence-corrected chi connectivity index (χ1v) is 11.8. The van der Waals surface area contributed by atoms with Gasteiger partial charge in [-0.2, -0.15) is 0 Å². The molecule has 13 nitrogen and oxygen atoms in total. The van der Waals surface area contributed by atoms with Crippen molar-refractivity contribution >= 4 is 29.6 Å². The molecule has 1 aromatic rings. The van der Waals surface area contributed by atoms with Crippen LogP contribution in [0.15, 0.2) is 24.3 Å². The Morgan fingerprint density at radius 3 is 1.92 bits per heavy atom. The third-order valence-corrected chi connectivity index (χ3v) is 5.43. The highest BCUT2D eigenvalue weighted by atomic mass is 16.4. The summed E-state index contributed by atoms with van der Waals surface area (Å²) < 4.78 is 0. The molecule has 0 spiro atoms. The zero-order chi connectivity index (χ0) is 28.3. The van der Waals surface area contributed by atoms with Crippen LogP contribution in [-0.4, -0.2) is 75.2 Å². The highest BCUT2D eigenvalue weighted by molar-refractivity contribution is 5.94. The van der Waals surface area contributed by atoms with E-state index in [1.165, 1.54) is 31.2 Å². The van der Waals surface area contributed by atoms with Crippen LogP contribution in [0.5, 0.6) is 5.75 Å². The molecule has 0 fully saturated rings. The number of aromatic hydroxyl groups is 1. The smallest absolute Gasteiger partial charge is 0.328 e. The van der Waals surface area contributed by atoms with Gasteiger partial charge in [0.1, 0.15) is 17.8 Å². The van der Waals surface area contributed by atoms with Crippen molar-refractivity contribution in [3.8, 4) is 5.75 Å². The molecule has 0 saturated carbocycles. The van der Waals surface area contributed by atoms with E-state index in [4.69, 9.17) is 11.5 Å². The lowest BCUT2D eigenvalue weighted by molar-refractivity contribution is -0.145. The number of nitrogens with one attached hydrogen (secondary N) is 3. The van der Waals surface area contributed by atoms with E-state index in [0.29, 0.717) is 12.0 Å². The van der Waals surface area contributed by atoms with Gasteiger partial charge in [-0.05, 0) is 43.4 Å². The Kier molecular flexibility index (Phi) is 12.5. The number of carboxylic acids is 1. The van der Waals surface area contributed by atoms with Crippen LogP contribution in [-0.2, 0) is 30.4 Å². The van der Waals surface area contributed by atoms with Crippen LogP contribution in [0.25, 0.3) is 0 Å². The monoisotopic (exact) mass is 523 g/mol. The summed E-state index contributed by atoms with van der Waals surface area (Å²) in [7, 11) is 0. The quantitative estimate of drug-likeness (QED) is 0.133. The summed E-state index contributed by atoms with van der Waals surface area (Å²) in [6, 6.07) is 0.580. The number of amides is 4. The van der Waals surface area contributed by atoms with Crippen LogP contribution >= 0.6 is 0 Å². The van der Waals surface area contributed by atoms with E-state index in [-0.39, 0.29) is 30.9 Å². The zero-order valence-electron chi connectivity index (χ0n) is 21.1. The topological polar surface area (TPSA) is 234 Å². The first-order valence-electron chi connectivity index (χ1n) is 11.8. The standard InChI is InChI=1S/C24H37N5O8/c1-12(2)10-16(25)21(33)27-17(8-9-19(26)32)22(34)28-18(11-14-4-6-15(31)7-5-14)23(35)29-20(13(3)30)24(36)37/h4-7,12-13,16-18,20,30-31H,8-11,25H2,1-3H3,(H2,26,32)(H,27,33)(H,28,34)(H,29,35)(H,36,37). The van der Waals surface area contributed by atoms with Gasteiger partial charge in [0.2, 0.25) is 23.6 Å². The lowest BCUT2D eigenvalue weighted by Gasteiger charge is -2.26. The van der Waals surface area contributed by atoms with Crippen molar-refractivity contribution in [1.29, 1.82) is 0 Å². The molecule has 10 N–H and O–H groups in total. The third-order valence-electron chi connectivity index (χ3n) is 5.43. The molecule has 0 aromatic heterocycles. The number of aliphatic carboxylic acids is 1. The van der Waals surface area contributed by atoms with Gasteiger partial charge in [0.15, 0.2) is 6.04 Å². The molecule has 0 radical (unpaired) electrons. The van der Waals surface area contributed by atoms with Gasteiger partial charge in [0.05, 0.1) is 12.1 Å². The minimum absolute atomic E-state index is 0.0270. The normalized spacial score (nSPS) is 15.1. The molecule has 1 rings (SSSR count). The van der Waals surface area contributed by atoms with Gasteiger partial charge in [0, 0.05) is 12.8 Å². The van der Waals surface area contributed by atoms with Crippen LogP contribution in [0.2, 0.25) is 0 Å². The minimum Gasteiger partial charge on any atom is -0.508 e. The van der Waals surface area contributed by atoms with Crippen LogP contribution < -0.4 is 27.4 Å². The van der Waals surface area contributed by atoms with E-state index >= 15 is 0 Å². The molecule has 0 saturated heterocycles. The number of phenols is 1. The Hall–Kier alpha value is -3.71. The van der Waals surface area contributed by atoms with Crippen LogP contribution in [0.3, 0.4) is 0 Å². The van der Waals surface area contributed by atoms with E-state index in [1.807, 2.05) is 13.8 Å². The van der Waals surface area contributed by atoms with Crippen LogP contribution in [0.1, 0.15) is 45.6 Å². The number of benzene rings is 1. The first-order chi connectivity index (χ1) is 17.2. The summed E-state index contributed by atoms with van der Waals surface area (Å²) in [5.74, 6) is -4.48. The Labute approximate surface area is 215 Å². The van der Waals surface area contributed by atoms with Crippen molar-refractivity contribution in [3.63, 3.8) is 0 Å². The number of carboxylic acid groups (broad SMARTS) is 1. The number of hydrogen-bond donors (Lipinski definition) is 8. The van der Waals surface area contributed by atoms with Crippen molar-refractivity contribution in [1.82, 2.24) is 16.0 Å². The molecule has 5 unspecified atom stereocenters. The molecular formula is C24H37N5O8. The second-order valence-corrected chi connectivity index (χ2v) is 9.30. The first kappa shape index (κ1) is 31.3. The SMILES string of the molecule is CC(C)CC(N)C(=O)NC(CCC(N)=O)C(=O)NC(Cc1ccc(O)cc1)C(=O)NC(C(=O)O)C(C)O. The fourth-order valence-corrected chi connectivity index (χ4v) is 3.44. The molecule has 5 atom stereocenters. The number of rotatable bonds is 15. The van der Waals surface area contributed by atoms with Crippen molar-refractivity contribution in [2.75, 3.05) is 0 Å². The van der Waals surface area contributed by atoms with E-state index in [1.54, 1.807) is 0 Å². The Morgan fingerprint density at radius 1 is 0.892 bits per heavy atom. The molecule has 4 amide bonds. The van der Waals surface area contributed by atoms with Crippen molar-refractivity contribution in [3.05, 3.63) is 29.8 Å². The van der Waals surface area contributed by atoms with E-state index in [9.17, 15) is 39.3 Å². The fourth-order valence-electron chi connectivity index (χ4n) is 3.44.